The number of nitrogens with two attached hydrogens (primary N) is 1. The summed E-state index contributed by atoms with van der Waals surface area (Å²) in [7, 11) is 0. The molecule has 28 heavy (non-hydrogen) atoms. The number of halogens is 2. The van der Waals surface area contributed by atoms with Gasteiger partial charge >= 0.3 is 6.01 Å². The Morgan fingerprint density at radius 1 is 1.18 bits per heavy atom. The van der Waals surface area contributed by atoms with Gasteiger partial charge in [0.2, 0.25) is 5.89 Å². The van der Waals surface area contributed by atoms with E-state index in [-0.39, 0.29) is 30.9 Å². The summed E-state index contributed by atoms with van der Waals surface area (Å²) >= 11 is 0. The van der Waals surface area contributed by atoms with Crippen molar-refractivity contribution < 1.29 is 4.42 Å². The molecule has 1 aromatic heterocycles. The molecule has 8 heteroatoms. The van der Waals surface area contributed by atoms with Crippen LogP contribution in [0.25, 0.3) is 0 Å². The van der Waals surface area contributed by atoms with Crippen LogP contribution in [-0.4, -0.2) is 41.3 Å². The van der Waals surface area contributed by atoms with Crippen LogP contribution in [-0.2, 0) is 6.42 Å². The average Bonchev–Trinajstić information content (AvgIpc) is 3.15. The molecule has 1 fully saturated rings. The molecule has 1 saturated heterocycles. The highest BCUT2D eigenvalue weighted by atomic mass is 35.5. The van der Waals surface area contributed by atoms with E-state index in [0.29, 0.717) is 24.2 Å². The maximum absolute atomic E-state index is 6.20. The third-order valence-corrected chi connectivity index (χ3v) is 5.13. The molecule has 0 aliphatic carbocycles. The highest BCUT2D eigenvalue weighted by Crippen LogP contribution is 2.20. The molecule has 3 N–H and O–H groups in total. The number of rotatable bonds is 9. The standard InChI is InChI=1S/C20H31N5O.2ClH/c1-2-3-11-25-12-9-17(10-13-25)15-22-20-24-23-19(26-20)18(21)14-16-7-5-4-6-8-16;;/h4-8,17-18H,2-3,9-15,21H2,1H3,(H,22,24);2*1H/t18-;;/m1../s1. The van der Waals surface area contributed by atoms with Crippen molar-refractivity contribution in [3.05, 3.63) is 41.8 Å². The molecule has 3 rings (SSSR count). The van der Waals surface area contributed by atoms with E-state index in [0.717, 1.165) is 6.54 Å². The number of hydrogen-bond donors (Lipinski definition) is 2. The molecule has 1 aromatic carbocycles. The first-order valence-corrected chi connectivity index (χ1v) is 9.83. The molecule has 0 saturated carbocycles. The third-order valence-electron chi connectivity index (χ3n) is 5.13. The number of hydrogen-bond acceptors (Lipinski definition) is 6. The second kappa shape index (κ2) is 13.0. The van der Waals surface area contributed by atoms with Crippen molar-refractivity contribution in [1.29, 1.82) is 0 Å². The topological polar surface area (TPSA) is 80.2 Å². The van der Waals surface area contributed by atoms with Gasteiger partial charge in [-0.15, -0.1) is 29.9 Å². The Bertz CT molecular complexity index is 647. The summed E-state index contributed by atoms with van der Waals surface area (Å²) in [6.45, 7) is 6.77. The van der Waals surface area contributed by atoms with Gasteiger partial charge in [-0.3, -0.25) is 0 Å². The normalized spacial score (nSPS) is 16.1. The van der Waals surface area contributed by atoms with Gasteiger partial charge in [0.05, 0.1) is 6.04 Å². The minimum atomic E-state index is -0.276. The van der Waals surface area contributed by atoms with E-state index >= 15 is 0 Å². The summed E-state index contributed by atoms with van der Waals surface area (Å²) < 4.78 is 5.71. The van der Waals surface area contributed by atoms with Crippen molar-refractivity contribution in [1.82, 2.24) is 15.1 Å². The van der Waals surface area contributed by atoms with Gasteiger partial charge in [0.15, 0.2) is 0 Å². The first-order valence-electron chi connectivity index (χ1n) is 9.83. The van der Waals surface area contributed by atoms with Gasteiger partial charge in [-0.05, 0) is 56.8 Å². The Morgan fingerprint density at radius 3 is 2.57 bits per heavy atom. The number of unbranched alkanes of at least 4 members (excludes halogenated alkanes) is 1. The van der Waals surface area contributed by atoms with Gasteiger partial charge in [0.1, 0.15) is 0 Å². The van der Waals surface area contributed by atoms with E-state index < -0.39 is 0 Å². The molecule has 1 aliphatic heterocycles. The van der Waals surface area contributed by atoms with Gasteiger partial charge < -0.3 is 20.4 Å². The number of likely N-dealkylation sites (tertiary alicyclic amines) is 1. The first-order chi connectivity index (χ1) is 12.7. The van der Waals surface area contributed by atoms with Crippen LogP contribution < -0.4 is 11.1 Å². The van der Waals surface area contributed by atoms with Crippen molar-refractivity contribution in [2.75, 3.05) is 31.5 Å². The molecule has 158 valence electrons. The minimum absolute atomic E-state index is 0. The fraction of sp³-hybridized carbons (Fsp3) is 0.600. The number of aromatic nitrogens is 2. The summed E-state index contributed by atoms with van der Waals surface area (Å²) in [4.78, 5) is 2.58. The summed E-state index contributed by atoms with van der Waals surface area (Å²) in [5.74, 6) is 1.16. The molecule has 1 aliphatic rings. The zero-order valence-corrected chi connectivity index (χ0v) is 18.2. The van der Waals surface area contributed by atoms with Gasteiger partial charge in [0, 0.05) is 6.54 Å². The van der Waals surface area contributed by atoms with Crippen LogP contribution in [0.4, 0.5) is 6.01 Å². The summed E-state index contributed by atoms with van der Waals surface area (Å²) in [6, 6.07) is 10.3. The van der Waals surface area contributed by atoms with Crippen molar-refractivity contribution in [3.63, 3.8) is 0 Å². The largest absolute Gasteiger partial charge is 0.406 e. The molecule has 1 atom stereocenters. The van der Waals surface area contributed by atoms with Crippen LogP contribution >= 0.6 is 24.8 Å². The third kappa shape index (κ3) is 7.59. The predicted octanol–water partition coefficient (Wildman–Crippen LogP) is 4.08. The number of piperidine rings is 1. The van der Waals surface area contributed by atoms with Gasteiger partial charge in [-0.2, -0.15) is 0 Å². The second-order valence-corrected chi connectivity index (χ2v) is 7.26. The van der Waals surface area contributed by atoms with Crippen molar-refractivity contribution in [2.45, 2.75) is 45.1 Å². The van der Waals surface area contributed by atoms with E-state index in [9.17, 15) is 0 Å². The van der Waals surface area contributed by atoms with E-state index in [1.807, 2.05) is 18.2 Å². The van der Waals surface area contributed by atoms with Gasteiger partial charge in [-0.25, -0.2) is 0 Å². The number of anilines is 1. The van der Waals surface area contributed by atoms with Crippen LogP contribution in [0, 0.1) is 5.92 Å². The Balaban J connectivity index is 0.00000196. The predicted molar refractivity (Wildman–Crippen MR) is 118 cm³/mol. The molecule has 0 spiro atoms. The lowest BCUT2D eigenvalue weighted by molar-refractivity contribution is 0.187. The first kappa shape index (κ1) is 24.7. The SMILES string of the molecule is CCCCN1CCC(CNc2nnc([C@H](N)Cc3ccccc3)o2)CC1.Cl.Cl. The van der Waals surface area contributed by atoms with Crippen LogP contribution in [0.5, 0.6) is 0 Å². The molecule has 2 heterocycles. The van der Waals surface area contributed by atoms with E-state index in [2.05, 4.69) is 39.5 Å². The quantitative estimate of drug-likeness (QED) is 0.624. The van der Waals surface area contributed by atoms with Gasteiger partial charge in [-0.1, -0.05) is 48.8 Å². The molecule has 0 radical (unpaired) electrons. The molecule has 6 nitrogen and oxygen atoms in total. The van der Waals surface area contributed by atoms with Crippen LogP contribution in [0.3, 0.4) is 0 Å². The summed E-state index contributed by atoms with van der Waals surface area (Å²) in [6.07, 6.45) is 5.72. The zero-order valence-electron chi connectivity index (χ0n) is 16.5. The van der Waals surface area contributed by atoms with Gasteiger partial charge in [0.25, 0.3) is 0 Å². The summed E-state index contributed by atoms with van der Waals surface area (Å²) in [5.41, 5.74) is 7.37. The minimum Gasteiger partial charge on any atom is -0.406 e. The van der Waals surface area contributed by atoms with E-state index in [1.165, 1.54) is 50.9 Å². The number of benzene rings is 1. The van der Waals surface area contributed by atoms with Crippen molar-refractivity contribution in [3.8, 4) is 0 Å². The molecule has 0 bridgehead atoms. The maximum Gasteiger partial charge on any atom is 0.315 e. The lowest BCUT2D eigenvalue weighted by atomic mass is 9.97. The smallest absolute Gasteiger partial charge is 0.315 e. The molecule has 2 aromatic rings. The maximum atomic E-state index is 6.20. The molecular formula is C20H33Cl2N5O. The highest BCUT2D eigenvalue weighted by Gasteiger charge is 2.20. The van der Waals surface area contributed by atoms with Crippen molar-refractivity contribution in [2.24, 2.45) is 11.7 Å². The lowest BCUT2D eigenvalue weighted by Crippen LogP contribution is -2.36. The number of nitrogens with one attached hydrogen (secondary N) is 1. The summed E-state index contributed by atoms with van der Waals surface area (Å²) in [5, 5.41) is 11.5. The molecular weight excluding hydrogens is 397 g/mol. The lowest BCUT2D eigenvalue weighted by Gasteiger charge is -2.31. The Morgan fingerprint density at radius 2 is 1.89 bits per heavy atom. The average molecular weight is 430 g/mol. The van der Waals surface area contributed by atoms with Crippen molar-refractivity contribution >= 4 is 30.8 Å². The van der Waals surface area contributed by atoms with Crippen LogP contribution in [0.1, 0.15) is 50.1 Å². The Labute approximate surface area is 180 Å². The fourth-order valence-corrected chi connectivity index (χ4v) is 3.44. The molecule has 0 amide bonds. The Hall–Kier alpha value is -1.34. The monoisotopic (exact) mass is 429 g/mol. The van der Waals surface area contributed by atoms with Crippen LogP contribution in [0.15, 0.2) is 34.7 Å². The second-order valence-electron chi connectivity index (χ2n) is 7.26. The van der Waals surface area contributed by atoms with Crippen LogP contribution in [0.2, 0.25) is 0 Å². The molecule has 0 unspecified atom stereocenters. The van der Waals surface area contributed by atoms with E-state index in [1.54, 1.807) is 0 Å². The highest BCUT2D eigenvalue weighted by molar-refractivity contribution is 5.85. The number of nitrogens with zero attached hydrogens (tertiary/aromatic N) is 3. The Kier molecular flexibility index (Phi) is 11.5. The zero-order chi connectivity index (χ0) is 18.2. The fourth-order valence-electron chi connectivity index (χ4n) is 3.44. The van der Waals surface area contributed by atoms with E-state index in [4.69, 9.17) is 10.2 Å².